The predicted octanol–water partition coefficient (Wildman–Crippen LogP) is -10.2. The second-order valence-corrected chi connectivity index (χ2v) is 1.47. The van der Waals surface area contributed by atoms with Crippen molar-refractivity contribution in [1.29, 1.82) is 0 Å². The zero-order chi connectivity index (χ0) is 8.08. The smallest absolute Gasteiger partial charge is 0.759 e. The SMILES string of the molecule is O=C([O-])[O-].O=S(=O)([O-])[O-].[Mg+2].[Na+].[Na+]. The van der Waals surface area contributed by atoms with Gasteiger partial charge in [-0.1, -0.05) is 0 Å². The molecule has 0 aromatic heterocycles. The molecule has 11 heteroatoms. The molecule has 0 spiro atoms. The predicted molar refractivity (Wildman–Crippen MR) is 21.6 cm³/mol. The first-order valence-electron chi connectivity index (χ1n) is 1.28. The first-order chi connectivity index (χ1) is 3.73. The van der Waals surface area contributed by atoms with Gasteiger partial charge in [-0.05, 0) is 6.16 Å². The maximum Gasteiger partial charge on any atom is 2.00 e. The summed E-state index contributed by atoms with van der Waals surface area (Å²) in [5, 5.41) is 16.7. The van der Waals surface area contributed by atoms with Gasteiger partial charge in [0.1, 0.15) is 0 Å². The van der Waals surface area contributed by atoms with E-state index in [1.807, 2.05) is 0 Å². The van der Waals surface area contributed by atoms with Crippen molar-refractivity contribution in [1.82, 2.24) is 0 Å². The van der Waals surface area contributed by atoms with Crippen LogP contribution in [-0.2, 0) is 10.4 Å². The minimum absolute atomic E-state index is 0. The Morgan fingerprint density at radius 3 is 1.00 bits per heavy atom. The molecular formula is CMgNa2O7S. The van der Waals surface area contributed by atoms with Crippen molar-refractivity contribution in [2.24, 2.45) is 0 Å². The summed E-state index contributed by atoms with van der Waals surface area (Å²) in [6.07, 6.45) is -2.33. The van der Waals surface area contributed by atoms with Gasteiger partial charge < -0.3 is 24.1 Å². The average Bonchev–Trinajstić information content (AvgIpc) is 1.19. The minimum atomic E-state index is -5.17. The van der Waals surface area contributed by atoms with Crippen LogP contribution in [0.1, 0.15) is 0 Å². The molecule has 0 unspecified atom stereocenters. The van der Waals surface area contributed by atoms with Crippen LogP contribution in [0.3, 0.4) is 0 Å². The fraction of sp³-hybridized carbons (Fsp3) is 0. The Bertz CT molecular complexity index is 164. The Balaban J connectivity index is -0.0000000221. The van der Waals surface area contributed by atoms with Crippen LogP contribution in [0, 0.1) is 0 Å². The fourth-order valence-electron chi connectivity index (χ4n) is 0. The second-order valence-electron chi connectivity index (χ2n) is 0.658. The molecule has 0 aliphatic rings. The molecule has 0 radical (unpaired) electrons. The normalized spacial score (nSPS) is 6.83. The summed E-state index contributed by atoms with van der Waals surface area (Å²) in [7, 11) is -5.17. The molecule has 0 saturated heterocycles. The summed E-state index contributed by atoms with van der Waals surface area (Å²) in [5.41, 5.74) is 0. The van der Waals surface area contributed by atoms with Crippen molar-refractivity contribution in [3.8, 4) is 0 Å². The molecule has 0 N–H and O–H groups in total. The summed E-state index contributed by atoms with van der Waals surface area (Å²) in [6.45, 7) is 0. The van der Waals surface area contributed by atoms with E-state index in [9.17, 15) is 0 Å². The Hall–Kier alpha value is 1.91. The van der Waals surface area contributed by atoms with Crippen LogP contribution in [0.25, 0.3) is 0 Å². The Morgan fingerprint density at radius 1 is 1.00 bits per heavy atom. The van der Waals surface area contributed by atoms with Gasteiger partial charge in [0.05, 0.1) is 0 Å². The largest absolute Gasteiger partial charge is 2.00 e. The monoisotopic (exact) mass is 226 g/mol. The van der Waals surface area contributed by atoms with Gasteiger partial charge in [-0.15, -0.1) is 0 Å². The van der Waals surface area contributed by atoms with Crippen LogP contribution >= 0.6 is 0 Å². The van der Waals surface area contributed by atoms with E-state index in [2.05, 4.69) is 0 Å². The maximum atomic E-state index is 8.52. The van der Waals surface area contributed by atoms with Gasteiger partial charge >= 0.3 is 82.2 Å². The van der Waals surface area contributed by atoms with E-state index >= 15 is 0 Å². The number of carbonyl (C=O) groups excluding carboxylic acids is 1. The van der Waals surface area contributed by atoms with Crippen molar-refractivity contribution in [2.45, 2.75) is 0 Å². The van der Waals surface area contributed by atoms with Crippen LogP contribution in [0.5, 0.6) is 0 Å². The van der Waals surface area contributed by atoms with Gasteiger partial charge in [-0.2, -0.15) is 0 Å². The van der Waals surface area contributed by atoms with Crippen molar-refractivity contribution >= 4 is 39.6 Å². The van der Waals surface area contributed by atoms with Gasteiger partial charge in [0, 0.05) is 10.4 Å². The second kappa shape index (κ2) is 15.4. The number of carbonyl (C=O) groups is 1. The standard InChI is InChI=1S/CH2O3.Mg.2Na.H2O4S/c2-1(3)4;;;;1-5(2,3)4/h(H2,2,3,4);;;;(H2,1,2,3,4)/q;+2;2*+1;/p-4. The molecular weight excluding hydrogens is 226 g/mol. The third-order valence-corrected chi connectivity index (χ3v) is 0. The molecule has 0 aliphatic carbocycles. The first-order valence-corrected chi connectivity index (χ1v) is 2.61. The third kappa shape index (κ3) is 390. The van der Waals surface area contributed by atoms with E-state index in [4.69, 9.17) is 32.5 Å². The summed E-state index contributed by atoms with van der Waals surface area (Å²) in [4.78, 5) is 8.33. The summed E-state index contributed by atoms with van der Waals surface area (Å²) in [5.74, 6) is 0. The van der Waals surface area contributed by atoms with Crippen molar-refractivity contribution < 1.29 is 91.6 Å². The van der Waals surface area contributed by atoms with Crippen molar-refractivity contribution in [3.63, 3.8) is 0 Å². The van der Waals surface area contributed by atoms with E-state index in [1.165, 1.54) is 0 Å². The molecule has 0 aromatic rings. The van der Waals surface area contributed by atoms with E-state index in [0.717, 1.165) is 0 Å². The first kappa shape index (κ1) is 29.2. The average molecular weight is 226 g/mol. The summed E-state index contributed by atoms with van der Waals surface area (Å²) < 4.78 is 34.1. The van der Waals surface area contributed by atoms with Gasteiger partial charge in [0.2, 0.25) is 0 Å². The van der Waals surface area contributed by atoms with Gasteiger partial charge in [0.15, 0.2) is 0 Å². The zero-order valence-corrected chi connectivity index (χ0v) is 12.7. The van der Waals surface area contributed by atoms with Crippen molar-refractivity contribution in [2.75, 3.05) is 0 Å². The molecule has 0 fully saturated rings. The topological polar surface area (TPSA) is 143 Å². The third-order valence-electron chi connectivity index (χ3n) is 0. The van der Waals surface area contributed by atoms with Crippen LogP contribution in [0.2, 0.25) is 0 Å². The number of hydrogen-bond acceptors (Lipinski definition) is 7. The zero-order valence-electron chi connectivity index (χ0n) is 6.47. The van der Waals surface area contributed by atoms with Gasteiger partial charge in [0.25, 0.3) is 0 Å². The molecule has 12 heavy (non-hydrogen) atoms. The van der Waals surface area contributed by atoms with Crippen LogP contribution in [0.15, 0.2) is 0 Å². The summed E-state index contributed by atoms with van der Waals surface area (Å²) >= 11 is 0. The molecule has 0 atom stereocenters. The van der Waals surface area contributed by atoms with Crippen LogP contribution in [-0.4, -0.2) is 46.7 Å². The van der Waals surface area contributed by atoms with E-state index in [-0.39, 0.29) is 82.2 Å². The molecule has 7 nitrogen and oxygen atoms in total. The molecule has 0 aromatic carbocycles. The maximum absolute atomic E-state index is 8.52. The number of carboxylic acid groups (broad SMARTS) is 2. The molecule has 56 valence electrons. The Morgan fingerprint density at radius 2 is 1.00 bits per heavy atom. The Kier molecular flexibility index (Phi) is 37.4. The molecule has 0 saturated carbocycles. The number of rotatable bonds is 0. The van der Waals surface area contributed by atoms with E-state index in [0.29, 0.717) is 0 Å². The quantitative estimate of drug-likeness (QED) is 0.226. The van der Waals surface area contributed by atoms with E-state index < -0.39 is 16.6 Å². The summed E-state index contributed by atoms with van der Waals surface area (Å²) in [6, 6.07) is 0. The number of hydrogen-bond donors (Lipinski definition) is 0. The van der Waals surface area contributed by atoms with Crippen LogP contribution < -0.4 is 69.3 Å². The van der Waals surface area contributed by atoms with Crippen molar-refractivity contribution in [3.05, 3.63) is 0 Å². The molecule has 0 heterocycles. The molecule has 0 amide bonds. The van der Waals surface area contributed by atoms with Gasteiger partial charge in [-0.25, -0.2) is 0 Å². The van der Waals surface area contributed by atoms with Gasteiger partial charge in [-0.3, -0.25) is 8.42 Å². The van der Waals surface area contributed by atoms with Crippen LogP contribution in [0.4, 0.5) is 4.79 Å². The fourth-order valence-corrected chi connectivity index (χ4v) is 0. The molecule has 0 rings (SSSR count). The molecule has 0 bridgehead atoms. The Labute approximate surface area is 129 Å². The minimum Gasteiger partial charge on any atom is -0.759 e. The molecule has 0 aliphatic heterocycles. The van der Waals surface area contributed by atoms with E-state index in [1.54, 1.807) is 0 Å².